The average Bonchev–Trinajstić information content (AvgIpc) is 2.75. The van der Waals surface area contributed by atoms with Crippen LogP contribution >= 0.6 is 15.9 Å². The number of hydrogen-bond donors (Lipinski definition) is 1. The van der Waals surface area contributed by atoms with Crippen molar-refractivity contribution >= 4 is 15.9 Å². The molecule has 1 atom stereocenters. The number of benzene rings is 1. The number of halogens is 2. The monoisotopic (exact) mass is 336 g/mol. The molecule has 2 nitrogen and oxygen atoms in total. The van der Waals surface area contributed by atoms with Gasteiger partial charge in [-0.05, 0) is 64.0 Å². The van der Waals surface area contributed by atoms with Gasteiger partial charge in [-0.3, -0.25) is 0 Å². The predicted molar refractivity (Wildman–Crippen MR) is 82.5 cm³/mol. The molecule has 106 valence electrons. The largest absolute Gasteiger partial charge is 0.324 e. The van der Waals surface area contributed by atoms with Crippen LogP contribution in [0.2, 0.25) is 0 Å². The first kappa shape index (κ1) is 13.8. The van der Waals surface area contributed by atoms with Gasteiger partial charge in [-0.1, -0.05) is 13.8 Å². The molecule has 0 saturated carbocycles. The molecule has 1 unspecified atom stereocenters. The lowest BCUT2D eigenvalue weighted by Gasteiger charge is -2.34. The second-order valence-electron chi connectivity index (χ2n) is 6.34. The number of nitrogens with two attached hydrogens (primary N) is 1. The van der Waals surface area contributed by atoms with Gasteiger partial charge >= 0.3 is 0 Å². The molecule has 4 heteroatoms. The highest BCUT2D eigenvalue weighted by atomic mass is 79.9. The highest BCUT2D eigenvalue weighted by Crippen LogP contribution is 2.40. The van der Waals surface area contributed by atoms with Gasteiger partial charge in [-0.25, -0.2) is 4.39 Å². The number of aromatic nitrogens is 1. The van der Waals surface area contributed by atoms with Gasteiger partial charge in [0, 0.05) is 23.6 Å². The molecule has 3 rings (SSSR count). The number of fused-ring (bicyclic) bond motifs is 1. The number of rotatable bonds is 1. The standard InChI is InChI=1S/C16H18BrFN2/c1-16(2)8-14(19)11-5-6-20(15(11)9-16)10-3-4-13(18)12(17)7-10/h3-7,14H,8-9,19H2,1-2H3. The van der Waals surface area contributed by atoms with E-state index in [0.717, 1.165) is 18.5 Å². The normalized spacial score (nSPS) is 20.8. The van der Waals surface area contributed by atoms with Gasteiger partial charge in [0.25, 0.3) is 0 Å². The van der Waals surface area contributed by atoms with E-state index in [1.807, 2.05) is 12.3 Å². The number of nitrogens with zero attached hydrogens (tertiary/aromatic N) is 1. The Morgan fingerprint density at radius 3 is 2.80 bits per heavy atom. The van der Waals surface area contributed by atoms with E-state index in [0.29, 0.717) is 4.47 Å². The second-order valence-corrected chi connectivity index (χ2v) is 7.19. The fraction of sp³-hybridized carbons (Fsp3) is 0.375. The molecule has 0 fully saturated rings. The van der Waals surface area contributed by atoms with E-state index in [1.165, 1.54) is 17.3 Å². The Bertz CT molecular complexity index is 660. The highest BCUT2D eigenvalue weighted by Gasteiger charge is 2.32. The molecule has 20 heavy (non-hydrogen) atoms. The summed E-state index contributed by atoms with van der Waals surface area (Å²) in [5.74, 6) is -0.244. The third-order valence-corrected chi connectivity index (χ3v) is 4.63. The SMILES string of the molecule is CC1(C)Cc2c(ccn2-c2ccc(F)c(Br)c2)C(N)C1. The summed E-state index contributed by atoms with van der Waals surface area (Å²) in [6.45, 7) is 4.49. The van der Waals surface area contributed by atoms with E-state index in [1.54, 1.807) is 6.07 Å². The maximum absolute atomic E-state index is 13.4. The fourth-order valence-electron chi connectivity index (χ4n) is 3.11. The van der Waals surface area contributed by atoms with Gasteiger partial charge in [-0.2, -0.15) is 0 Å². The Hall–Kier alpha value is -1.13. The van der Waals surface area contributed by atoms with Crippen molar-refractivity contribution in [1.29, 1.82) is 0 Å². The average molecular weight is 337 g/mol. The molecule has 0 saturated heterocycles. The molecular formula is C16H18BrFN2. The van der Waals surface area contributed by atoms with Crippen molar-refractivity contribution in [2.45, 2.75) is 32.7 Å². The number of hydrogen-bond acceptors (Lipinski definition) is 1. The van der Waals surface area contributed by atoms with Gasteiger partial charge in [0.2, 0.25) is 0 Å². The molecule has 1 aromatic heterocycles. The Morgan fingerprint density at radius 1 is 1.35 bits per heavy atom. The summed E-state index contributed by atoms with van der Waals surface area (Å²) in [4.78, 5) is 0. The first-order chi connectivity index (χ1) is 9.37. The zero-order chi connectivity index (χ0) is 14.5. The zero-order valence-electron chi connectivity index (χ0n) is 11.7. The van der Waals surface area contributed by atoms with E-state index < -0.39 is 0 Å². The van der Waals surface area contributed by atoms with Crippen LogP contribution in [0, 0.1) is 11.2 Å². The molecule has 1 aliphatic carbocycles. The zero-order valence-corrected chi connectivity index (χ0v) is 13.2. The third-order valence-electron chi connectivity index (χ3n) is 4.03. The molecule has 1 aromatic carbocycles. The lowest BCUT2D eigenvalue weighted by molar-refractivity contribution is 0.278. The topological polar surface area (TPSA) is 30.9 Å². The van der Waals surface area contributed by atoms with E-state index in [4.69, 9.17) is 5.73 Å². The Balaban J connectivity index is 2.10. The van der Waals surface area contributed by atoms with Crippen LogP contribution in [-0.2, 0) is 6.42 Å². The molecule has 2 N–H and O–H groups in total. The van der Waals surface area contributed by atoms with Crippen LogP contribution in [0.4, 0.5) is 4.39 Å². The van der Waals surface area contributed by atoms with Crippen LogP contribution in [0.15, 0.2) is 34.9 Å². The highest BCUT2D eigenvalue weighted by molar-refractivity contribution is 9.10. The van der Waals surface area contributed by atoms with Crippen molar-refractivity contribution in [2.75, 3.05) is 0 Å². The van der Waals surface area contributed by atoms with Crippen LogP contribution in [-0.4, -0.2) is 4.57 Å². The van der Waals surface area contributed by atoms with Crippen LogP contribution < -0.4 is 5.73 Å². The minimum atomic E-state index is -0.244. The summed E-state index contributed by atoms with van der Waals surface area (Å²) < 4.78 is 16.0. The second kappa shape index (κ2) is 4.71. The predicted octanol–water partition coefficient (Wildman–Crippen LogP) is 4.35. The first-order valence-electron chi connectivity index (χ1n) is 6.78. The maximum Gasteiger partial charge on any atom is 0.137 e. The Morgan fingerprint density at radius 2 is 2.10 bits per heavy atom. The van der Waals surface area contributed by atoms with Gasteiger partial charge in [0.05, 0.1) is 4.47 Å². The van der Waals surface area contributed by atoms with E-state index in [9.17, 15) is 4.39 Å². The summed E-state index contributed by atoms with van der Waals surface area (Å²) in [6.07, 6.45) is 4.01. The van der Waals surface area contributed by atoms with E-state index in [-0.39, 0.29) is 17.3 Å². The summed E-state index contributed by atoms with van der Waals surface area (Å²) in [6, 6.07) is 7.27. The first-order valence-corrected chi connectivity index (χ1v) is 7.58. The molecule has 0 bridgehead atoms. The molecule has 0 amide bonds. The molecule has 0 spiro atoms. The molecule has 0 aliphatic heterocycles. The van der Waals surface area contributed by atoms with Gasteiger partial charge < -0.3 is 10.3 Å². The Labute approximate surface area is 126 Å². The smallest absolute Gasteiger partial charge is 0.137 e. The van der Waals surface area contributed by atoms with E-state index in [2.05, 4.69) is 40.4 Å². The van der Waals surface area contributed by atoms with Crippen molar-refractivity contribution in [3.63, 3.8) is 0 Å². The van der Waals surface area contributed by atoms with Crippen LogP contribution in [0.1, 0.15) is 37.6 Å². The van der Waals surface area contributed by atoms with Crippen molar-refractivity contribution in [2.24, 2.45) is 11.1 Å². The van der Waals surface area contributed by atoms with Crippen LogP contribution in [0.25, 0.3) is 5.69 Å². The third kappa shape index (κ3) is 2.31. The molecule has 1 aliphatic rings. The van der Waals surface area contributed by atoms with Crippen molar-refractivity contribution in [3.05, 3.63) is 52.0 Å². The van der Waals surface area contributed by atoms with E-state index >= 15 is 0 Å². The summed E-state index contributed by atoms with van der Waals surface area (Å²) in [5.41, 5.74) is 9.90. The quantitative estimate of drug-likeness (QED) is 0.824. The molecule has 0 radical (unpaired) electrons. The summed E-state index contributed by atoms with van der Waals surface area (Å²) >= 11 is 3.25. The minimum Gasteiger partial charge on any atom is -0.324 e. The van der Waals surface area contributed by atoms with Gasteiger partial charge in [0.1, 0.15) is 5.82 Å². The maximum atomic E-state index is 13.4. The van der Waals surface area contributed by atoms with Crippen molar-refractivity contribution in [3.8, 4) is 5.69 Å². The van der Waals surface area contributed by atoms with Gasteiger partial charge in [-0.15, -0.1) is 0 Å². The molecule has 1 heterocycles. The van der Waals surface area contributed by atoms with Crippen molar-refractivity contribution < 1.29 is 4.39 Å². The van der Waals surface area contributed by atoms with Crippen LogP contribution in [0.3, 0.4) is 0 Å². The van der Waals surface area contributed by atoms with Crippen LogP contribution in [0.5, 0.6) is 0 Å². The molecular weight excluding hydrogens is 319 g/mol. The minimum absolute atomic E-state index is 0.0823. The van der Waals surface area contributed by atoms with Gasteiger partial charge in [0.15, 0.2) is 0 Å². The summed E-state index contributed by atoms with van der Waals surface area (Å²) in [7, 11) is 0. The lowest BCUT2D eigenvalue weighted by Crippen LogP contribution is -2.30. The fourth-order valence-corrected chi connectivity index (χ4v) is 3.48. The Kier molecular flexibility index (Phi) is 3.26. The lowest BCUT2D eigenvalue weighted by atomic mass is 9.74. The summed E-state index contributed by atoms with van der Waals surface area (Å²) in [5, 5.41) is 0. The van der Waals surface area contributed by atoms with Crippen molar-refractivity contribution in [1.82, 2.24) is 4.57 Å². The molecule has 2 aromatic rings.